The van der Waals surface area contributed by atoms with E-state index >= 15 is 0 Å². The highest BCUT2D eigenvalue weighted by Gasteiger charge is 2.45. The number of carbonyl (C=O) groups is 1. The van der Waals surface area contributed by atoms with Crippen LogP contribution in [0.1, 0.15) is 12.5 Å². The van der Waals surface area contributed by atoms with Crippen LogP contribution in [-0.4, -0.2) is 24.8 Å². The fourth-order valence-electron chi connectivity index (χ4n) is 1.27. The summed E-state index contributed by atoms with van der Waals surface area (Å²) in [5, 5.41) is 9.14. The van der Waals surface area contributed by atoms with Crippen molar-refractivity contribution in [2.24, 2.45) is 0 Å². The minimum atomic E-state index is -3.81. The average Bonchev–Trinajstić information content (AvgIpc) is 2.28. The van der Waals surface area contributed by atoms with Gasteiger partial charge in [-0.3, -0.25) is 0 Å². The van der Waals surface area contributed by atoms with Crippen molar-refractivity contribution in [2.75, 3.05) is 13.7 Å². The SMILES string of the molecule is CCOC(=O)C(F)(F)c1ccc(O)cc1OC. The number of ether oxygens (including phenoxy) is 2. The molecule has 0 amide bonds. The Kier molecular flexibility index (Phi) is 3.88. The number of rotatable bonds is 4. The van der Waals surface area contributed by atoms with Gasteiger partial charge in [0.25, 0.3) is 0 Å². The van der Waals surface area contributed by atoms with E-state index in [0.717, 1.165) is 18.2 Å². The van der Waals surface area contributed by atoms with E-state index in [9.17, 15) is 13.6 Å². The van der Waals surface area contributed by atoms with Crippen LogP contribution in [-0.2, 0) is 15.5 Å². The van der Waals surface area contributed by atoms with E-state index in [1.807, 2.05) is 0 Å². The molecule has 0 fully saturated rings. The Labute approximate surface area is 96.8 Å². The molecule has 17 heavy (non-hydrogen) atoms. The maximum Gasteiger partial charge on any atom is 0.382 e. The number of alkyl halides is 2. The Hall–Kier alpha value is -1.85. The van der Waals surface area contributed by atoms with Crippen LogP contribution < -0.4 is 4.74 Å². The molecular formula is C11H12F2O4. The van der Waals surface area contributed by atoms with Gasteiger partial charge in [-0.1, -0.05) is 0 Å². The van der Waals surface area contributed by atoms with Gasteiger partial charge >= 0.3 is 11.9 Å². The zero-order valence-electron chi connectivity index (χ0n) is 9.37. The van der Waals surface area contributed by atoms with Gasteiger partial charge in [-0.25, -0.2) is 4.79 Å². The normalized spacial score (nSPS) is 11.1. The Bertz CT molecular complexity index is 418. The van der Waals surface area contributed by atoms with Crippen LogP contribution in [0.25, 0.3) is 0 Å². The highest BCUT2D eigenvalue weighted by atomic mass is 19.3. The molecule has 0 aliphatic carbocycles. The van der Waals surface area contributed by atoms with Crippen molar-refractivity contribution in [1.29, 1.82) is 0 Å². The van der Waals surface area contributed by atoms with Gasteiger partial charge in [-0.2, -0.15) is 8.78 Å². The molecule has 0 aromatic heterocycles. The van der Waals surface area contributed by atoms with Crippen molar-refractivity contribution in [3.8, 4) is 11.5 Å². The lowest BCUT2D eigenvalue weighted by Gasteiger charge is -2.17. The number of phenolic OH excluding ortho intramolecular Hbond substituents is 1. The standard InChI is InChI=1S/C11H12F2O4/c1-3-17-10(15)11(12,13)8-5-4-7(14)6-9(8)16-2/h4-6,14H,3H2,1-2H3. The van der Waals surface area contributed by atoms with Crippen LogP contribution in [0.3, 0.4) is 0 Å². The number of benzene rings is 1. The van der Waals surface area contributed by atoms with E-state index in [1.165, 1.54) is 14.0 Å². The first-order chi connectivity index (χ1) is 7.93. The summed E-state index contributed by atoms with van der Waals surface area (Å²) in [5.74, 6) is -5.97. The lowest BCUT2D eigenvalue weighted by Crippen LogP contribution is -2.28. The van der Waals surface area contributed by atoms with E-state index in [4.69, 9.17) is 9.84 Å². The molecule has 0 aliphatic rings. The zero-order valence-corrected chi connectivity index (χ0v) is 9.37. The number of aromatic hydroxyl groups is 1. The summed E-state index contributed by atoms with van der Waals surface area (Å²) in [7, 11) is 1.17. The summed E-state index contributed by atoms with van der Waals surface area (Å²) < 4.78 is 36.3. The maximum absolute atomic E-state index is 13.7. The first-order valence-corrected chi connectivity index (χ1v) is 4.86. The molecule has 0 spiro atoms. The van der Waals surface area contributed by atoms with Crippen LogP contribution in [0.2, 0.25) is 0 Å². The zero-order chi connectivity index (χ0) is 13.1. The monoisotopic (exact) mass is 246 g/mol. The fourth-order valence-corrected chi connectivity index (χ4v) is 1.27. The van der Waals surface area contributed by atoms with Crippen molar-refractivity contribution in [3.05, 3.63) is 23.8 Å². The summed E-state index contributed by atoms with van der Waals surface area (Å²) in [6, 6.07) is 2.97. The second-order valence-electron chi connectivity index (χ2n) is 3.18. The van der Waals surface area contributed by atoms with Crippen molar-refractivity contribution < 1.29 is 28.2 Å². The summed E-state index contributed by atoms with van der Waals surface area (Å²) in [4.78, 5) is 11.1. The molecule has 0 saturated carbocycles. The molecule has 0 bridgehead atoms. The molecular weight excluding hydrogens is 234 g/mol. The van der Waals surface area contributed by atoms with E-state index < -0.39 is 17.5 Å². The van der Waals surface area contributed by atoms with Crippen LogP contribution in [0.5, 0.6) is 11.5 Å². The predicted octanol–water partition coefficient (Wildman–Crippen LogP) is 2.06. The minimum absolute atomic E-state index is 0.144. The Morgan fingerprint density at radius 3 is 2.65 bits per heavy atom. The van der Waals surface area contributed by atoms with Crippen LogP contribution in [0, 0.1) is 0 Å². The summed E-state index contributed by atoms with van der Waals surface area (Å²) >= 11 is 0. The predicted molar refractivity (Wildman–Crippen MR) is 55.2 cm³/mol. The van der Waals surface area contributed by atoms with E-state index in [-0.39, 0.29) is 18.1 Å². The highest BCUT2D eigenvalue weighted by Crippen LogP contribution is 2.37. The summed E-state index contributed by atoms with van der Waals surface area (Å²) in [5.41, 5.74) is -0.642. The number of hydrogen-bond donors (Lipinski definition) is 1. The van der Waals surface area contributed by atoms with Crippen molar-refractivity contribution in [2.45, 2.75) is 12.8 Å². The summed E-state index contributed by atoms with van der Waals surface area (Å²) in [6.07, 6.45) is 0. The quantitative estimate of drug-likeness (QED) is 0.826. The third-order valence-electron chi connectivity index (χ3n) is 2.06. The molecule has 94 valence electrons. The molecule has 0 radical (unpaired) electrons. The molecule has 0 atom stereocenters. The van der Waals surface area contributed by atoms with Crippen molar-refractivity contribution >= 4 is 5.97 Å². The fraction of sp³-hybridized carbons (Fsp3) is 0.364. The Morgan fingerprint density at radius 2 is 2.12 bits per heavy atom. The maximum atomic E-state index is 13.7. The smallest absolute Gasteiger partial charge is 0.382 e. The van der Waals surface area contributed by atoms with E-state index in [0.29, 0.717) is 0 Å². The second-order valence-corrected chi connectivity index (χ2v) is 3.18. The average molecular weight is 246 g/mol. The van der Waals surface area contributed by atoms with Crippen LogP contribution in [0.4, 0.5) is 8.78 Å². The third-order valence-corrected chi connectivity index (χ3v) is 2.06. The van der Waals surface area contributed by atoms with Gasteiger partial charge in [0, 0.05) is 6.07 Å². The number of halogens is 2. The molecule has 1 rings (SSSR count). The molecule has 4 nitrogen and oxygen atoms in total. The van der Waals surface area contributed by atoms with E-state index in [2.05, 4.69) is 4.74 Å². The number of methoxy groups -OCH3 is 1. The number of hydrogen-bond acceptors (Lipinski definition) is 4. The van der Waals surface area contributed by atoms with Gasteiger partial charge in [-0.15, -0.1) is 0 Å². The molecule has 1 aromatic carbocycles. The minimum Gasteiger partial charge on any atom is -0.508 e. The molecule has 0 unspecified atom stereocenters. The highest BCUT2D eigenvalue weighted by molar-refractivity contribution is 5.80. The molecule has 1 N–H and O–H groups in total. The Balaban J connectivity index is 3.18. The van der Waals surface area contributed by atoms with Gasteiger partial charge < -0.3 is 14.6 Å². The van der Waals surface area contributed by atoms with Gasteiger partial charge in [0.2, 0.25) is 0 Å². The molecule has 1 aromatic rings. The van der Waals surface area contributed by atoms with Crippen LogP contribution >= 0.6 is 0 Å². The topological polar surface area (TPSA) is 55.8 Å². The van der Waals surface area contributed by atoms with Gasteiger partial charge in [0.15, 0.2) is 0 Å². The molecule has 0 saturated heterocycles. The molecule has 0 heterocycles. The first-order valence-electron chi connectivity index (χ1n) is 4.86. The lowest BCUT2D eigenvalue weighted by atomic mass is 10.1. The summed E-state index contributed by atoms with van der Waals surface area (Å²) in [6.45, 7) is 1.29. The van der Waals surface area contributed by atoms with Crippen molar-refractivity contribution in [3.63, 3.8) is 0 Å². The van der Waals surface area contributed by atoms with Crippen molar-refractivity contribution in [1.82, 2.24) is 0 Å². The van der Waals surface area contributed by atoms with E-state index in [1.54, 1.807) is 0 Å². The van der Waals surface area contributed by atoms with Gasteiger partial charge in [-0.05, 0) is 19.1 Å². The second kappa shape index (κ2) is 4.99. The Morgan fingerprint density at radius 1 is 1.47 bits per heavy atom. The van der Waals surface area contributed by atoms with Crippen LogP contribution in [0.15, 0.2) is 18.2 Å². The lowest BCUT2D eigenvalue weighted by molar-refractivity contribution is -0.173. The molecule has 6 heteroatoms. The number of esters is 1. The number of phenols is 1. The van der Waals surface area contributed by atoms with Gasteiger partial charge in [0.05, 0.1) is 19.3 Å². The molecule has 0 aliphatic heterocycles. The largest absolute Gasteiger partial charge is 0.508 e. The van der Waals surface area contributed by atoms with Gasteiger partial charge in [0.1, 0.15) is 11.5 Å². The third kappa shape index (κ3) is 2.64. The number of carbonyl (C=O) groups excluding carboxylic acids is 1. The first kappa shape index (κ1) is 13.2.